The van der Waals surface area contributed by atoms with E-state index in [2.05, 4.69) is 5.32 Å². The molecule has 3 rings (SSSR count). The summed E-state index contributed by atoms with van der Waals surface area (Å²) in [6, 6.07) is 9.01. The van der Waals surface area contributed by atoms with Gasteiger partial charge in [-0.05, 0) is 36.8 Å². The summed E-state index contributed by atoms with van der Waals surface area (Å²) in [7, 11) is -0.822. The van der Waals surface area contributed by atoms with E-state index in [4.69, 9.17) is 18.9 Å². The molecule has 1 heterocycles. The van der Waals surface area contributed by atoms with Crippen molar-refractivity contribution < 1.29 is 32.2 Å². The molecule has 1 atom stereocenters. The lowest BCUT2D eigenvalue weighted by molar-refractivity contribution is -0.122. The number of carbonyl (C=O) groups is 1. The molecule has 0 saturated heterocycles. The van der Waals surface area contributed by atoms with Crippen LogP contribution in [0.2, 0.25) is 0 Å². The second kappa shape index (κ2) is 8.70. The van der Waals surface area contributed by atoms with Crippen molar-refractivity contribution in [3.8, 4) is 23.0 Å². The number of hydrogen-bond donors (Lipinski definition) is 1. The maximum atomic E-state index is 12.8. The molecule has 2 aromatic carbocycles. The number of benzene rings is 2. The number of hydrogen-bond acceptors (Lipinski definition) is 7. The number of amides is 1. The van der Waals surface area contributed by atoms with Crippen molar-refractivity contribution in [2.24, 2.45) is 0 Å². The fourth-order valence-electron chi connectivity index (χ4n) is 3.16. The Labute approximate surface area is 175 Å². The van der Waals surface area contributed by atoms with Gasteiger partial charge >= 0.3 is 0 Å². The third kappa shape index (κ3) is 4.54. The van der Waals surface area contributed by atoms with Gasteiger partial charge in [-0.15, -0.1) is 0 Å². The standard InChI is InChI=1S/C20H24N2O7S/c1-13(20(23)21-11-14-5-7-17-19(9-14)29-12-28-17)22(30(4,24)25)15-6-8-16(26-2)18(10-15)27-3/h5-10,13H,11-12H2,1-4H3,(H,21,23). The van der Waals surface area contributed by atoms with Crippen LogP contribution in [0.3, 0.4) is 0 Å². The average Bonchev–Trinajstić information content (AvgIpc) is 3.18. The summed E-state index contributed by atoms with van der Waals surface area (Å²) in [5.74, 6) is 1.62. The number of rotatable bonds is 8. The zero-order valence-corrected chi connectivity index (χ0v) is 18.0. The van der Waals surface area contributed by atoms with E-state index in [9.17, 15) is 13.2 Å². The Morgan fingerprint density at radius 1 is 1.10 bits per heavy atom. The van der Waals surface area contributed by atoms with Gasteiger partial charge < -0.3 is 24.3 Å². The number of carbonyl (C=O) groups excluding carboxylic acids is 1. The van der Waals surface area contributed by atoms with Gasteiger partial charge in [-0.25, -0.2) is 8.42 Å². The van der Waals surface area contributed by atoms with Crippen LogP contribution < -0.4 is 28.6 Å². The van der Waals surface area contributed by atoms with E-state index in [0.29, 0.717) is 28.7 Å². The molecule has 1 N–H and O–H groups in total. The highest BCUT2D eigenvalue weighted by Gasteiger charge is 2.30. The SMILES string of the molecule is COc1ccc(N(C(C)C(=O)NCc2ccc3c(c2)OCO3)S(C)(=O)=O)cc1OC. The van der Waals surface area contributed by atoms with Gasteiger partial charge in [0, 0.05) is 12.6 Å². The van der Waals surface area contributed by atoms with Crippen molar-refractivity contribution in [3.63, 3.8) is 0 Å². The molecular weight excluding hydrogens is 412 g/mol. The van der Waals surface area contributed by atoms with Crippen LogP contribution in [0.15, 0.2) is 36.4 Å². The van der Waals surface area contributed by atoms with E-state index in [-0.39, 0.29) is 13.3 Å². The molecule has 0 aromatic heterocycles. The second-order valence-electron chi connectivity index (χ2n) is 6.68. The molecule has 0 bridgehead atoms. The van der Waals surface area contributed by atoms with Crippen molar-refractivity contribution in [3.05, 3.63) is 42.0 Å². The first kappa shape index (κ1) is 21.6. The van der Waals surface area contributed by atoms with Crippen molar-refractivity contribution in [2.45, 2.75) is 19.5 Å². The molecule has 10 heteroatoms. The Hall–Kier alpha value is -3.14. The maximum Gasteiger partial charge on any atom is 0.243 e. The molecule has 1 unspecified atom stereocenters. The summed E-state index contributed by atoms with van der Waals surface area (Å²) in [6.07, 6.45) is 1.05. The molecule has 30 heavy (non-hydrogen) atoms. The third-order valence-corrected chi connectivity index (χ3v) is 5.86. The van der Waals surface area contributed by atoms with E-state index < -0.39 is 22.0 Å². The van der Waals surface area contributed by atoms with Crippen molar-refractivity contribution in [1.82, 2.24) is 5.32 Å². The number of fused-ring (bicyclic) bond motifs is 1. The lowest BCUT2D eigenvalue weighted by Gasteiger charge is -2.28. The zero-order valence-electron chi connectivity index (χ0n) is 17.2. The average molecular weight is 436 g/mol. The lowest BCUT2D eigenvalue weighted by Crippen LogP contribution is -2.47. The number of ether oxygens (including phenoxy) is 4. The van der Waals surface area contributed by atoms with Gasteiger partial charge in [0.1, 0.15) is 6.04 Å². The molecular formula is C20H24N2O7S. The molecule has 162 valence electrons. The Balaban J connectivity index is 1.78. The summed E-state index contributed by atoms with van der Waals surface area (Å²) >= 11 is 0. The summed E-state index contributed by atoms with van der Waals surface area (Å²) in [6.45, 7) is 1.90. The number of nitrogens with zero attached hydrogens (tertiary/aromatic N) is 1. The van der Waals surface area contributed by atoms with E-state index in [0.717, 1.165) is 16.1 Å². The highest BCUT2D eigenvalue weighted by Crippen LogP contribution is 2.34. The van der Waals surface area contributed by atoms with Gasteiger partial charge in [-0.1, -0.05) is 6.07 Å². The van der Waals surface area contributed by atoms with E-state index in [1.54, 1.807) is 30.3 Å². The molecule has 0 spiro atoms. The van der Waals surface area contributed by atoms with Crippen LogP contribution in [0, 0.1) is 0 Å². The normalized spacial score (nSPS) is 13.5. The number of nitrogens with one attached hydrogen (secondary N) is 1. The minimum absolute atomic E-state index is 0.164. The van der Waals surface area contributed by atoms with Crippen LogP contribution in [-0.4, -0.2) is 47.6 Å². The highest BCUT2D eigenvalue weighted by molar-refractivity contribution is 7.92. The van der Waals surface area contributed by atoms with Crippen molar-refractivity contribution >= 4 is 21.6 Å². The Morgan fingerprint density at radius 2 is 1.80 bits per heavy atom. The van der Waals surface area contributed by atoms with Crippen LogP contribution in [-0.2, 0) is 21.4 Å². The lowest BCUT2D eigenvalue weighted by atomic mass is 10.2. The van der Waals surface area contributed by atoms with Gasteiger partial charge in [-0.3, -0.25) is 9.10 Å². The zero-order chi connectivity index (χ0) is 21.9. The Morgan fingerprint density at radius 3 is 2.47 bits per heavy atom. The molecule has 1 amide bonds. The van der Waals surface area contributed by atoms with E-state index in [1.165, 1.54) is 27.2 Å². The molecule has 0 fully saturated rings. The van der Waals surface area contributed by atoms with Crippen LogP contribution >= 0.6 is 0 Å². The summed E-state index contributed by atoms with van der Waals surface area (Å²) in [5.41, 5.74) is 1.10. The predicted molar refractivity (Wildman–Crippen MR) is 111 cm³/mol. The molecule has 0 saturated carbocycles. The first-order valence-corrected chi connectivity index (χ1v) is 11.0. The van der Waals surface area contributed by atoms with Crippen molar-refractivity contribution in [2.75, 3.05) is 31.6 Å². The summed E-state index contributed by atoms with van der Waals surface area (Å²) in [5, 5.41) is 2.77. The molecule has 9 nitrogen and oxygen atoms in total. The minimum Gasteiger partial charge on any atom is -0.493 e. The van der Waals surface area contributed by atoms with Crippen LogP contribution in [0.4, 0.5) is 5.69 Å². The third-order valence-electron chi connectivity index (χ3n) is 4.61. The Kier molecular flexibility index (Phi) is 6.25. The first-order chi connectivity index (χ1) is 14.2. The monoisotopic (exact) mass is 436 g/mol. The molecule has 0 aliphatic carbocycles. The largest absolute Gasteiger partial charge is 0.493 e. The smallest absolute Gasteiger partial charge is 0.243 e. The highest BCUT2D eigenvalue weighted by atomic mass is 32.2. The van der Waals surface area contributed by atoms with Gasteiger partial charge in [0.15, 0.2) is 23.0 Å². The maximum absolute atomic E-state index is 12.8. The fraction of sp³-hybridized carbons (Fsp3) is 0.350. The fourth-order valence-corrected chi connectivity index (χ4v) is 4.33. The second-order valence-corrected chi connectivity index (χ2v) is 8.54. The van der Waals surface area contributed by atoms with Crippen LogP contribution in [0.25, 0.3) is 0 Å². The molecule has 1 aliphatic rings. The van der Waals surface area contributed by atoms with E-state index in [1.807, 2.05) is 0 Å². The quantitative estimate of drug-likeness (QED) is 0.674. The van der Waals surface area contributed by atoms with Gasteiger partial charge in [0.25, 0.3) is 0 Å². The topological polar surface area (TPSA) is 103 Å². The number of sulfonamides is 1. The van der Waals surface area contributed by atoms with Crippen LogP contribution in [0.5, 0.6) is 23.0 Å². The minimum atomic E-state index is -3.76. The van der Waals surface area contributed by atoms with Crippen LogP contribution in [0.1, 0.15) is 12.5 Å². The van der Waals surface area contributed by atoms with Crippen molar-refractivity contribution in [1.29, 1.82) is 0 Å². The summed E-state index contributed by atoms with van der Waals surface area (Å²) < 4.78 is 47.0. The molecule has 1 aliphatic heterocycles. The van der Waals surface area contributed by atoms with Gasteiger partial charge in [-0.2, -0.15) is 0 Å². The predicted octanol–water partition coefficient (Wildman–Crippen LogP) is 1.90. The van der Waals surface area contributed by atoms with E-state index >= 15 is 0 Å². The Bertz CT molecular complexity index is 1040. The molecule has 0 radical (unpaired) electrons. The number of anilines is 1. The van der Waals surface area contributed by atoms with Gasteiger partial charge in [0.2, 0.25) is 22.7 Å². The molecule has 2 aromatic rings. The summed E-state index contributed by atoms with van der Waals surface area (Å²) in [4.78, 5) is 12.8. The first-order valence-electron chi connectivity index (χ1n) is 9.12. The number of methoxy groups -OCH3 is 2. The van der Waals surface area contributed by atoms with Gasteiger partial charge in [0.05, 0.1) is 26.2 Å².